The summed E-state index contributed by atoms with van der Waals surface area (Å²) in [5.41, 5.74) is 0.791. The van der Waals surface area contributed by atoms with Gasteiger partial charge in [0.15, 0.2) is 6.61 Å². The lowest BCUT2D eigenvalue weighted by Gasteiger charge is -2.36. The Morgan fingerprint density at radius 2 is 2.14 bits per heavy atom. The summed E-state index contributed by atoms with van der Waals surface area (Å²) in [6, 6.07) is 7.58. The van der Waals surface area contributed by atoms with Crippen LogP contribution in [0.3, 0.4) is 0 Å². The van der Waals surface area contributed by atoms with E-state index in [1.165, 1.54) is 19.3 Å². The number of amides is 1. The summed E-state index contributed by atoms with van der Waals surface area (Å²) in [4.78, 5) is 14.2. The van der Waals surface area contributed by atoms with Crippen molar-refractivity contribution in [3.8, 4) is 5.75 Å². The summed E-state index contributed by atoms with van der Waals surface area (Å²) < 4.78 is 5.60. The number of aliphatic hydroxyl groups excluding tert-OH is 1. The quantitative estimate of drug-likeness (QED) is 0.909. The monoisotopic (exact) mass is 305 g/mol. The molecule has 1 fully saturated rings. The van der Waals surface area contributed by atoms with Gasteiger partial charge >= 0.3 is 0 Å². The molecule has 0 heterocycles. The van der Waals surface area contributed by atoms with Crippen molar-refractivity contribution >= 4 is 5.91 Å². The van der Waals surface area contributed by atoms with Crippen LogP contribution in [0.1, 0.15) is 51.2 Å². The largest absolute Gasteiger partial charge is 0.484 e. The standard InChI is InChI=1S/C18H27NO3/c1-13-7-4-5-10-17(13)19(3)18(21)12-22-16-9-6-8-15(11-16)14(2)20/h6,8-9,11,13-14,17,20H,4-5,7,10,12H2,1-3H3. The zero-order chi connectivity index (χ0) is 16.1. The summed E-state index contributed by atoms with van der Waals surface area (Å²) in [7, 11) is 1.88. The molecule has 1 N–H and O–H groups in total. The zero-order valence-corrected chi connectivity index (χ0v) is 13.8. The molecule has 0 saturated heterocycles. The highest BCUT2D eigenvalue weighted by molar-refractivity contribution is 5.77. The van der Waals surface area contributed by atoms with Crippen molar-refractivity contribution in [3.63, 3.8) is 0 Å². The maximum Gasteiger partial charge on any atom is 0.260 e. The topological polar surface area (TPSA) is 49.8 Å². The maximum absolute atomic E-state index is 12.3. The first kappa shape index (κ1) is 16.8. The fraction of sp³-hybridized carbons (Fsp3) is 0.611. The Kier molecular flexibility index (Phi) is 5.83. The fourth-order valence-corrected chi connectivity index (χ4v) is 3.17. The van der Waals surface area contributed by atoms with Gasteiger partial charge in [0.2, 0.25) is 0 Å². The minimum atomic E-state index is -0.537. The van der Waals surface area contributed by atoms with Gasteiger partial charge in [-0.3, -0.25) is 4.79 Å². The highest BCUT2D eigenvalue weighted by atomic mass is 16.5. The summed E-state index contributed by atoms with van der Waals surface area (Å²) in [6.07, 6.45) is 4.21. The normalized spacial score (nSPS) is 22.9. The smallest absolute Gasteiger partial charge is 0.260 e. The van der Waals surface area contributed by atoms with Gasteiger partial charge < -0.3 is 14.7 Å². The number of ether oxygens (including phenoxy) is 1. The summed E-state index contributed by atoms with van der Waals surface area (Å²) in [5, 5.41) is 9.58. The summed E-state index contributed by atoms with van der Waals surface area (Å²) in [5.74, 6) is 1.19. The van der Waals surface area contributed by atoms with E-state index in [0.717, 1.165) is 12.0 Å². The molecule has 2 rings (SSSR count). The Balaban J connectivity index is 1.90. The Labute approximate surface area is 133 Å². The average Bonchev–Trinajstić information content (AvgIpc) is 2.52. The second kappa shape index (κ2) is 7.63. The van der Waals surface area contributed by atoms with E-state index < -0.39 is 6.10 Å². The van der Waals surface area contributed by atoms with Crippen LogP contribution >= 0.6 is 0 Å². The molecule has 3 unspecified atom stereocenters. The molecule has 0 radical (unpaired) electrons. The molecule has 0 spiro atoms. The van der Waals surface area contributed by atoms with Crippen molar-refractivity contribution in [2.45, 2.75) is 51.7 Å². The molecular weight excluding hydrogens is 278 g/mol. The molecular formula is C18H27NO3. The van der Waals surface area contributed by atoms with Gasteiger partial charge in [0.05, 0.1) is 6.10 Å². The van der Waals surface area contributed by atoms with Crippen LogP contribution in [0.15, 0.2) is 24.3 Å². The highest BCUT2D eigenvalue weighted by Crippen LogP contribution is 2.27. The molecule has 1 saturated carbocycles. The first-order valence-corrected chi connectivity index (χ1v) is 8.15. The molecule has 0 aromatic heterocycles. The van der Waals surface area contributed by atoms with Crippen LogP contribution in [0, 0.1) is 5.92 Å². The number of likely N-dealkylation sites (N-methyl/N-ethyl adjacent to an activating group) is 1. The molecule has 22 heavy (non-hydrogen) atoms. The number of benzene rings is 1. The average molecular weight is 305 g/mol. The summed E-state index contributed by atoms with van der Waals surface area (Å²) in [6.45, 7) is 3.98. The van der Waals surface area contributed by atoms with Gasteiger partial charge in [-0.25, -0.2) is 0 Å². The number of aliphatic hydroxyl groups is 1. The van der Waals surface area contributed by atoms with Gasteiger partial charge in [-0.1, -0.05) is 31.9 Å². The molecule has 122 valence electrons. The van der Waals surface area contributed by atoms with Gasteiger partial charge in [-0.2, -0.15) is 0 Å². The van der Waals surface area contributed by atoms with E-state index in [9.17, 15) is 9.90 Å². The van der Waals surface area contributed by atoms with Crippen LogP contribution in [0.4, 0.5) is 0 Å². The third-order valence-electron chi connectivity index (χ3n) is 4.66. The van der Waals surface area contributed by atoms with E-state index in [2.05, 4.69) is 6.92 Å². The minimum Gasteiger partial charge on any atom is -0.484 e. The molecule has 0 aliphatic heterocycles. The van der Waals surface area contributed by atoms with E-state index in [4.69, 9.17) is 4.74 Å². The van der Waals surface area contributed by atoms with Crippen LogP contribution < -0.4 is 4.74 Å². The number of hydrogen-bond acceptors (Lipinski definition) is 3. The van der Waals surface area contributed by atoms with Gasteiger partial charge in [0.25, 0.3) is 5.91 Å². The van der Waals surface area contributed by atoms with Crippen LogP contribution in [-0.4, -0.2) is 35.6 Å². The fourth-order valence-electron chi connectivity index (χ4n) is 3.17. The van der Waals surface area contributed by atoms with Gasteiger partial charge in [-0.05, 0) is 43.4 Å². The van der Waals surface area contributed by atoms with Crippen molar-refractivity contribution in [3.05, 3.63) is 29.8 Å². The van der Waals surface area contributed by atoms with Crippen molar-refractivity contribution < 1.29 is 14.6 Å². The van der Waals surface area contributed by atoms with Crippen LogP contribution in [0.25, 0.3) is 0 Å². The second-order valence-electron chi connectivity index (χ2n) is 6.37. The highest BCUT2D eigenvalue weighted by Gasteiger charge is 2.27. The second-order valence-corrected chi connectivity index (χ2v) is 6.37. The molecule has 1 amide bonds. The van der Waals surface area contributed by atoms with Crippen molar-refractivity contribution in [2.24, 2.45) is 5.92 Å². The molecule has 3 atom stereocenters. The van der Waals surface area contributed by atoms with Gasteiger partial charge in [-0.15, -0.1) is 0 Å². The van der Waals surface area contributed by atoms with Crippen molar-refractivity contribution in [1.82, 2.24) is 4.90 Å². The van der Waals surface area contributed by atoms with Crippen LogP contribution in [0.5, 0.6) is 5.75 Å². The number of carbonyl (C=O) groups is 1. The Morgan fingerprint density at radius 1 is 1.41 bits per heavy atom. The molecule has 0 bridgehead atoms. The maximum atomic E-state index is 12.3. The first-order chi connectivity index (χ1) is 10.5. The van der Waals surface area contributed by atoms with Gasteiger partial charge in [0.1, 0.15) is 5.75 Å². The first-order valence-electron chi connectivity index (χ1n) is 8.15. The molecule has 1 aromatic rings. The Morgan fingerprint density at radius 3 is 2.82 bits per heavy atom. The Hall–Kier alpha value is -1.55. The molecule has 1 aromatic carbocycles. The Bertz CT molecular complexity index is 501. The van der Waals surface area contributed by atoms with Gasteiger partial charge in [0, 0.05) is 13.1 Å². The molecule has 1 aliphatic carbocycles. The number of hydrogen-bond donors (Lipinski definition) is 1. The lowest BCUT2D eigenvalue weighted by atomic mass is 9.85. The SMILES string of the molecule is CC(O)c1cccc(OCC(=O)N(C)C2CCCCC2C)c1. The minimum absolute atomic E-state index is 0.0150. The van der Waals surface area contributed by atoms with Crippen LogP contribution in [-0.2, 0) is 4.79 Å². The predicted molar refractivity (Wildman–Crippen MR) is 86.8 cm³/mol. The zero-order valence-electron chi connectivity index (χ0n) is 13.8. The van der Waals surface area contributed by atoms with E-state index in [-0.39, 0.29) is 12.5 Å². The molecule has 4 nitrogen and oxygen atoms in total. The van der Waals surface area contributed by atoms with E-state index in [0.29, 0.717) is 17.7 Å². The number of nitrogens with zero attached hydrogens (tertiary/aromatic N) is 1. The number of carbonyl (C=O) groups excluding carboxylic acids is 1. The predicted octanol–water partition coefficient (Wildman–Crippen LogP) is 3.16. The van der Waals surface area contributed by atoms with Crippen molar-refractivity contribution in [2.75, 3.05) is 13.7 Å². The van der Waals surface area contributed by atoms with Crippen molar-refractivity contribution in [1.29, 1.82) is 0 Å². The number of rotatable bonds is 5. The third kappa shape index (κ3) is 4.23. The third-order valence-corrected chi connectivity index (χ3v) is 4.66. The van der Waals surface area contributed by atoms with E-state index >= 15 is 0 Å². The van der Waals surface area contributed by atoms with E-state index in [1.54, 1.807) is 13.0 Å². The van der Waals surface area contributed by atoms with E-state index in [1.807, 2.05) is 30.1 Å². The van der Waals surface area contributed by atoms with Crippen LogP contribution in [0.2, 0.25) is 0 Å². The lowest BCUT2D eigenvalue weighted by Crippen LogP contribution is -2.44. The molecule has 1 aliphatic rings. The lowest BCUT2D eigenvalue weighted by molar-refractivity contribution is -0.135. The molecule has 4 heteroatoms. The summed E-state index contributed by atoms with van der Waals surface area (Å²) >= 11 is 0.